The van der Waals surface area contributed by atoms with Gasteiger partial charge in [0, 0.05) is 25.5 Å². The number of rotatable bonds is 4. The third-order valence-electron chi connectivity index (χ3n) is 3.53. The summed E-state index contributed by atoms with van der Waals surface area (Å²) < 4.78 is 2.22. The average molecular weight is 276 g/mol. The molecule has 0 aliphatic rings. The van der Waals surface area contributed by atoms with Gasteiger partial charge in [-0.15, -0.1) is 0 Å². The number of nitrogens with zero attached hydrogens (tertiary/aromatic N) is 3. The molecule has 0 saturated carbocycles. The normalized spacial score (nSPS) is 10.7. The molecule has 0 spiro atoms. The molecule has 0 amide bonds. The Bertz CT molecular complexity index is 811. The van der Waals surface area contributed by atoms with Crippen LogP contribution in [0.15, 0.2) is 48.8 Å². The summed E-state index contributed by atoms with van der Waals surface area (Å²) in [5.74, 6) is 0. The van der Waals surface area contributed by atoms with Crippen molar-refractivity contribution in [2.75, 3.05) is 7.05 Å². The number of fused-ring (bicyclic) bond motifs is 1. The van der Waals surface area contributed by atoms with Crippen LogP contribution >= 0.6 is 0 Å². The first kappa shape index (κ1) is 13.3. The summed E-state index contributed by atoms with van der Waals surface area (Å²) in [7, 11) is 1.95. The van der Waals surface area contributed by atoms with Gasteiger partial charge in [0.05, 0.1) is 5.52 Å². The van der Waals surface area contributed by atoms with Gasteiger partial charge in [0.15, 0.2) is 0 Å². The van der Waals surface area contributed by atoms with E-state index in [9.17, 15) is 0 Å². The highest BCUT2D eigenvalue weighted by Gasteiger charge is 2.07. The van der Waals surface area contributed by atoms with Crippen molar-refractivity contribution in [1.82, 2.24) is 14.9 Å². The van der Waals surface area contributed by atoms with Gasteiger partial charge < -0.3 is 9.88 Å². The molecule has 3 rings (SSSR count). The van der Waals surface area contributed by atoms with Crippen molar-refractivity contribution in [1.29, 1.82) is 5.26 Å². The lowest BCUT2D eigenvalue weighted by Crippen LogP contribution is -2.08. The molecule has 0 unspecified atom stereocenters. The van der Waals surface area contributed by atoms with Crippen molar-refractivity contribution in [2.45, 2.75) is 13.1 Å². The highest BCUT2D eigenvalue weighted by molar-refractivity contribution is 5.83. The summed E-state index contributed by atoms with van der Waals surface area (Å²) in [5.41, 5.74) is 4.05. The molecule has 0 saturated heterocycles. The van der Waals surface area contributed by atoms with E-state index in [-0.39, 0.29) is 0 Å². The molecule has 0 atom stereocenters. The predicted molar refractivity (Wildman–Crippen MR) is 82.8 cm³/mol. The quantitative estimate of drug-likeness (QED) is 0.797. The van der Waals surface area contributed by atoms with Gasteiger partial charge in [-0.3, -0.25) is 0 Å². The van der Waals surface area contributed by atoms with Crippen molar-refractivity contribution in [2.24, 2.45) is 0 Å². The largest absolute Gasteiger partial charge is 0.343 e. The standard InChI is InChI=1S/C17H16N4/c1-19-11-15-4-2-3-14-6-8-21(17(14)15)12-13-5-7-20-16(9-13)10-18/h2-9,19H,11-12H2,1H3. The fraction of sp³-hybridized carbons (Fsp3) is 0.176. The number of para-hydroxylation sites is 1. The highest BCUT2D eigenvalue weighted by atomic mass is 15.0. The van der Waals surface area contributed by atoms with Crippen LogP contribution in [0.5, 0.6) is 0 Å². The highest BCUT2D eigenvalue weighted by Crippen LogP contribution is 2.21. The van der Waals surface area contributed by atoms with Crippen LogP contribution in [0.4, 0.5) is 0 Å². The van der Waals surface area contributed by atoms with Crippen LogP contribution in [-0.4, -0.2) is 16.6 Å². The second kappa shape index (κ2) is 5.78. The predicted octanol–water partition coefficient (Wildman–Crippen LogP) is 2.68. The Morgan fingerprint density at radius 2 is 2.19 bits per heavy atom. The van der Waals surface area contributed by atoms with Crippen LogP contribution in [0.2, 0.25) is 0 Å². The summed E-state index contributed by atoms with van der Waals surface area (Å²) in [6, 6.07) is 14.4. The van der Waals surface area contributed by atoms with Crippen molar-refractivity contribution in [3.05, 3.63) is 65.6 Å². The zero-order valence-corrected chi connectivity index (χ0v) is 11.9. The Hall–Kier alpha value is -2.64. The van der Waals surface area contributed by atoms with Crippen molar-refractivity contribution in [3.63, 3.8) is 0 Å². The zero-order chi connectivity index (χ0) is 14.7. The summed E-state index contributed by atoms with van der Waals surface area (Å²) >= 11 is 0. The minimum atomic E-state index is 0.458. The number of hydrogen-bond donors (Lipinski definition) is 1. The topological polar surface area (TPSA) is 53.6 Å². The third kappa shape index (κ3) is 2.64. The van der Waals surface area contributed by atoms with E-state index < -0.39 is 0 Å². The zero-order valence-electron chi connectivity index (χ0n) is 11.9. The molecule has 0 aliphatic carbocycles. The molecule has 2 heterocycles. The van der Waals surface area contributed by atoms with Crippen LogP contribution in [0.1, 0.15) is 16.8 Å². The first-order chi connectivity index (χ1) is 10.3. The number of aromatic nitrogens is 2. The van der Waals surface area contributed by atoms with Crippen LogP contribution in [-0.2, 0) is 13.1 Å². The maximum atomic E-state index is 8.95. The first-order valence-electron chi connectivity index (χ1n) is 6.88. The molecule has 1 aromatic carbocycles. The molecule has 2 aromatic heterocycles. The van der Waals surface area contributed by atoms with E-state index >= 15 is 0 Å². The molecular formula is C17H16N4. The summed E-state index contributed by atoms with van der Waals surface area (Å²) in [6.45, 7) is 1.57. The number of benzene rings is 1. The summed E-state index contributed by atoms with van der Waals surface area (Å²) in [5, 5.41) is 13.4. The average Bonchev–Trinajstić information content (AvgIpc) is 2.92. The molecule has 1 N–H and O–H groups in total. The van der Waals surface area contributed by atoms with Gasteiger partial charge in [0.25, 0.3) is 0 Å². The van der Waals surface area contributed by atoms with Crippen molar-refractivity contribution >= 4 is 10.9 Å². The number of nitrogens with one attached hydrogen (secondary N) is 1. The van der Waals surface area contributed by atoms with E-state index in [0.717, 1.165) is 18.7 Å². The molecule has 0 aliphatic heterocycles. The smallest absolute Gasteiger partial charge is 0.140 e. The minimum Gasteiger partial charge on any atom is -0.343 e. The lowest BCUT2D eigenvalue weighted by Gasteiger charge is -2.10. The van der Waals surface area contributed by atoms with E-state index in [1.165, 1.54) is 16.5 Å². The monoisotopic (exact) mass is 276 g/mol. The van der Waals surface area contributed by atoms with Crippen molar-refractivity contribution in [3.8, 4) is 6.07 Å². The third-order valence-corrected chi connectivity index (χ3v) is 3.53. The Kier molecular flexibility index (Phi) is 3.67. The van der Waals surface area contributed by atoms with Crippen LogP contribution in [0, 0.1) is 11.3 Å². The van der Waals surface area contributed by atoms with Gasteiger partial charge in [0.1, 0.15) is 11.8 Å². The molecule has 0 bridgehead atoms. The second-order valence-corrected chi connectivity index (χ2v) is 4.99. The lowest BCUT2D eigenvalue weighted by molar-refractivity contribution is 0.795. The van der Waals surface area contributed by atoms with E-state index in [2.05, 4.69) is 51.4 Å². The maximum absolute atomic E-state index is 8.95. The van der Waals surface area contributed by atoms with Gasteiger partial charge in [-0.2, -0.15) is 5.26 Å². The van der Waals surface area contributed by atoms with Crippen molar-refractivity contribution < 1.29 is 0 Å². The Labute approximate surface area is 123 Å². The molecule has 21 heavy (non-hydrogen) atoms. The van der Waals surface area contributed by atoms with E-state index in [1.54, 1.807) is 6.20 Å². The van der Waals surface area contributed by atoms with Crippen LogP contribution < -0.4 is 5.32 Å². The fourth-order valence-electron chi connectivity index (χ4n) is 2.64. The molecular weight excluding hydrogens is 260 g/mol. The summed E-state index contributed by atoms with van der Waals surface area (Å²) in [6.07, 6.45) is 3.78. The minimum absolute atomic E-state index is 0.458. The molecule has 3 aromatic rings. The first-order valence-corrected chi connectivity index (χ1v) is 6.88. The Balaban J connectivity index is 2.02. The Morgan fingerprint density at radius 3 is 3.00 bits per heavy atom. The van der Waals surface area contributed by atoms with Crippen LogP contribution in [0.3, 0.4) is 0 Å². The number of pyridine rings is 1. The number of nitriles is 1. The molecule has 104 valence electrons. The van der Waals surface area contributed by atoms with Gasteiger partial charge in [-0.1, -0.05) is 18.2 Å². The number of hydrogen-bond acceptors (Lipinski definition) is 3. The Morgan fingerprint density at radius 1 is 1.29 bits per heavy atom. The maximum Gasteiger partial charge on any atom is 0.140 e. The van der Waals surface area contributed by atoms with Gasteiger partial charge in [0.2, 0.25) is 0 Å². The van der Waals surface area contributed by atoms with Gasteiger partial charge >= 0.3 is 0 Å². The molecule has 0 fully saturated rings. The molecule has 0 radical (unpaired) electrons. The van der Waals surface area contributed by atoms with E-state index in [0.29, 0.717) is 5.69 Å². The SMILES string of the molecule is CNCc1cccc2ccn(Cc3ccnc(C#N)c3)c12. The molecule has 4 heteroatoms. The van der Waals surface area contributed by atoms with Gasteiger partial charge in [-0.25, -0.2) is 4.98 Å². The van der Waals surface area contributed by atoms with E-state index in [4.69, 9.17) is 5.26 Å². The fourth-order valence-corrected chi connectivity index (χ4v) is 2.64. The van der Waals surface area contributed by atoms with E-state index in [1.807, 2.05) is 19.2 Å². The second-order valence-electron chi connectivity index (χ2n) is 4.99. The molecule has 4 nitrogen and oxygen atoms in total. The van der Waals surface area contributed by atoms with Crippen LogP contribution in [0.25, 0.3) is 10.9 Å². The van der Waals surface area contributed by atoms with Gasteiger partial charge in [-0.05, 0) is 41.8 Å². The lowest BCUT2D eigenvalue weighted by atomic mass is 10.1. The summed E-state index contributed by atoms with van der Waals surface area (Å²) in [4.78, 5) is 4.02.